The van der Waals surface area contributed by atoms with Gasteiger partial charge in [-0.25, -0.2) is 0 Å². The first-order valence-electron chi connectivity index (χ1n) is 5.57. The van der Waals surface area contributed by atoms with E-state index in [2.05, 4.69) is 58.0 Å². The molecule has 1 aliphatic rings. The van der Waals surface area contributed by atoms with Crippen LogP contribution in [0.2, 0.25) is 0 Å². The first-order valence-corrected chi connectivity index (χ1v) is 6.36. The van der Waals surface area contributed by atoms with Gasteiger partial charge < -0.3 is 15.5 Å². The van der Waals surface area contributed by atoms with Crippen LogP contribution in [0.3, 0.4) is 0 Å². The van der Waals surface area contributed by atoms with E-state index in [1.165, 1.54) is 11.4 Å². The number of benzene rings is 1. The van der Waals surface area contributed by atoms with E-state index < -0.39 is 0 Å². The molecule has 2 rings (SSSR count). The van der Waals surface area contributed by atoms with E-state index in [0.29, 0.717) is 6.04 Å². The Hall–Kier alpha value is -0.740. The summed E-state index contributed by atoms with van der Waals surface area (Å²) in [7, 11) is 4.29. The Morgan fingerprint density at radius 3 is 2.81 bits per heavy atom. The van der Waals surface area contributed by atoms with Gasteiger partial charge in [-0.2, -0.15) is 0 Å². The Balaban J connectivity index is 2.36. The van der Waals surface area contributed by atoms with Gasteiger partial charge in [0.1, 0.15) is 0 Å². The molecule has 1 aromatic rings. The van der Waals surface area contributed by atoms with E-state index >= 15 is 0 Å². The molecule has 1 aliphatic heterocycles. The molecule has 0 fully saturated rings. The van der Waals surface area contributed by atoms with Crippen molar-refractivity contribution in [3.63, 3.8) is 0 Å². The van der Waals surface area contributed by atoms with Crippen molar-refractivity contribution in [2.45, 2.75) is 12.5 Å². The Morgan fingerprint density at radius 2 is 2.12 bits per heavy atom. The molecule has 0 aromatic heterocycles. The van der Waals surface area contributed by atoms with Gasteiger partial charge in [-0.05, 0) is 31.2 Å². The van der Waals surface area contributed by atoms with Crippen molar-refractivity contribution < 1.29 is 0 Å². The molecular formula is C12H18BrN3. The summed E-state index contributed by atoms with van der Waals surface area (Å²) in [6.07, 6.45) is 1.03. The van der Waals surface area contributed by atoms with Crippen LogP contribution in [0.25, 0.3) is 0 Å². The molecule has 2 N–H and O–H groups in total. The zero-order valence-corrected chi connectivity index (χ0v) is 11.4. The molecule has 0 radical (unpaired) electrons. The third-order valence-electron chi connectivity index (χ3n) is 3.26. The number of likely N-dealkylation sites (N-methyl/N-ethyl adjacent to an activating group) is 2. The molecule has 0 saturated heterocycles. The summed E-state index contributed by atoms with van der Waals surface area (Å²) in [5.74, 6) is 0. The molecule has 1 aromatic carbocycles. The summed E-state index contributed by atoms with van der Waals surface area (Å²) in [5.41, 5.74) is 8.23. The van der Waals surface area contributed by atoms with Crippen molar-refractivity contribution >= 4 is 27.3 Å². The first kappa shape index (κ1) is 11.7. The van der Waals surface area contributed by atoms with Gasteiger partial charge in [0.25, 0.3) is 0 Å². The molecule has 0 spiro atoms. The van der Waals surface area contributed by atoms with Crippen LogP contribution >= 0.6 is 15.9 Å². The van der Waals surface area contributed by atoms with Gasteiger partial charge in [0.15, 0.2) is 0 Å². The summed E-state index contributed by atoms with van der Waals surface area (Å²) in [6, 6.07) is 6.94. The van der Waals surface area contributed by atoms with E-state index in [-0.39, 0.29) is 0 Å². The maximum absolute atomic E-state index is 5.66. The summed E-state index contributed by atoms with van der Waals surface area (Å²) in [6.45, 7) is 1.79. The minimum absolute atomic E-state index is 0.511. The smallest absolute Gasteiger partial charge is 0.0615 e. The average molecular weight is 284 g/mol. The van der Waals surface area contributed by atoms with Crippen molar-refractivity contribution in [3.8, 4) is 0 Å². The lowest BCUT2D eigenvalue weighted by molar-refractivity contribution is 0.567. The monoisotopic (exact) mass is 283 g/mol. The highest BCUT2D eigenvalue weighted by molar-refractivity contribution is 9.10. The van der Waals surface area contributed by atoms with Crippen molar-refractivity contribution in [1.29, 1.82) is 0 Å². The second-order valence-electron chi connectivity index (χ2n) is 4.36. The predicted octanol–water partition coefficient (Wildman–Crippen LogP) is 2.05. The van der Waals surface area contributed by atoms with Gasteiger partial charge in [-0.15, -0.1) is 0 Å². The molecule has 0 aliphatic carbocycles. The molecule has 0 bridgehead atoms. The van der Waals surface area contributed by atoms with E-state index in [9.17, 15) is 0 Å². The normalized spacial score (nSPS) is 19.9. The topological polar surface area (TPSA) is 32.5 Å². The number of nitrogens with zero attached hydrogens (tertiary/aromatic N) is 2. The fourth-order valence-electron chi connectivity index (χ4n) is 2.31. The third-order valence-corrected chi connectivity index (χ3v) is 3.75. The number of hydrogen-bond acceptors (Lipinski definition) is 3. The summed E-state index contributed by atoms with van der Waals surface area (Å²) < 4.78 is 1.12. The minimum atomic E-state index is 0.511. The van der Waals surface area contributed by atoms with Crippen molar-refractivity contribution in [1.82, 2.24) is 0 Å². The third kappa shape index (κ3) is 2.04. The highest BCUT2D eigenvalue weighted by Crippen LogP contribution is 2.36. The van der Waals surface area contributed by atoms with Gasteiger partial charge in [0.2, 0.25) is 0 Å². The van der Waals surface area contributed by atoms with Crippen LogP contribution in [0.15, 0.2) is 22.7 Å². The number of fused-ring (bicyclic) bond motifs is 1. The molecule has 0 saturated carbocycles. The Bertz CT molecular complexity index is 381. The van der Waals surface area contributed by atoms with E-state index in [1.54, 1.807) is 0 Å². The van der Waals surface area contributed by atoms with Crippen molar-refractivity contribution in [2.75, 3.05) is 37.0 Å². The minimum Gasteiger partial charge on any atom is -0.371 e. The van der Waals surface area contributed by atoms with Crippen LogP contribution in [0.1, 0.15) is 6.42 Å². The fourth-order valence-corrected chi connectivity index (χ4v) is 2.66. The van der Waals surface area contributed by atoms with E-state index in [0.717, 1.165) is 24.0 Å². The Kier molecular flexibility index (Phi) is 3.40. The SMILES string of the molecule is CN1CC(CCN)N(C)c2cc(Br)ccc21. The highest BCUT2D eigenvalue weighted by atomic mass is 79.9. The van der Waals surface area contributed by atoms with E-state index in [1.807, 2.05) is 0 Å². The Morgan fingerprint density at radius 1 is 1.38 bits per heavy atom. The number of hydrogen-bond donors (Lipinski definition) is 1. The second kappa shape index (κ2) is 4.63. The largest absolute Gasteiger partial charge is 0.371 e. The summed E-state index contributed by atoms with van der Waals surface area (Å²) >= 11 is 3.53. The molecule has 1 heterocycles. The van der Waals surface area contributed by atoms with Crippen LogP contribution in [0.5, 0.6) is 0 Å². The number of halogens is 1. The number of anilines is 2. The molecule has 88 valence electrons. The zero-order chi connectivity index (χ0) is 11.7. The molecule has 1 atom stereocenters. The first-order chi connectivity index (χ1) is 7.63. The summed E-state index contributed by atoms with van der Waals surface area (Å²) in [4.78, 5) is 4.65. The van der Waals surface area contributed by atoms with Crippen LogP contribution in [0, 0.1) is 0 Å². The second-order valence-corrected chi connectivity index (χ2v) is 5.27. The van der Waals surface area contributed by atoms with Gasteiger partial charge in [-0.1, -0.05) is 15.9 Å². The standard InChI is InChI=1S/C12H18BrN3/c1-15-8-10(5-6-14)16(2)12-7-9(13)3-4-11(12)15/h3-4,7,10H,5-6,8,14H2,1-2H3. The predicted molar refractivity (Wildman–Crippen MR) is 73.3 cm³/mol. The average Bonchev–Trinajstić information content (AvgIpc) is 2.25. The van der Waals surface area contributed by atoms with Gasteiger partial charge in [-0.3, -0.25) is 0 Å². The molecule has 3 nitrogen and oxygen atoms in total. The lowest BCUT2D eigenvalue weighted by Crippen LogP contribution is -2.46. The summed E-state index contributed by atoms with van der Waals surface area (Å²) in [5, 5.41) is 0. The number of rotatable bonds is 2. The lowest BCUT2D eigenvalue weighted by Gasteiger charge is -2.41. The number of nitrogens with two attached hydrogens (primary N) is 1. The van der Waals surface area contributed by atoms with Crippen LogP contribution in [-0.2, 0) is 0 Å². The molecular weight excluding hydrogens is 266 g/mol. The van der Waals surface area contributed by atoms with Gasteiger partial charge in [0.05, 0.1) is 11.4 Å². The Labute approximate surface area is 105 Å². The van der Waals surface area contributed by atoms with Gasteiger partial charge >= 0.3 is 0 Å². The quantitative estimate of drug-likeness (QED) is 0.902. The van der Waals surface area contributed by atoms with Crippen LogP contribution < -0.4 is 15.5 Å². The molecule has 1 unspecified atom stereocenters. The molecule has 0 amide bonds. The fraction of sp³-hybridized carbons (Fsp3) is 0.500. The maximum atomic E-state index is 5.66. The highest BCUT2D eigenvalue weighted by Gasteiger charge is 2.25. The lowest BCUT2D eigenvalue weighted by atomic mass is 10.1. The molecule has 16 heavy (non-hydrogen) atoms. The van der Waals surface area contributed by atoms with E-state index in [4.69, 9.17) is 5.73 Å². The van der Waals surface area contributed by atoms with Gasteiger partial charge in [0, 0.05) is 31.2 Å². The molecule has 4 heteroatoms. The van der Waals surface area contributed by atoms with Crippen molar-refractivity contribution in [3.05, 3.63) is 22.7 Å². The van der Waals surface area contributed by atoms with Crippen molar-refractivity contribution in [2.24, 2.45) is 5.73 Å². The van der Waals surface area contributed by atoms with Crippen LogP contribution in [0.4, 0.5) is 11.4 Å². The zero-order valence-electron chi connectivity index (χ0n) is 9.78. The maximum Gasteiger partial charge on any atom is 0.0615 e. The van der Waals surface area contributed by atoms with Crippen LogP contribution in [-0.4, -0.2) is 33.2 Å².